The maximum absolute atomic E-state index is 13.2. The summed E-state index contributed by atoms with van der Waals surface area (Å²) in [7, 11) is 0. The molecule has 1 aliphatic rings. The molecule has 1 amide bonds. The van der Waals surface area contributed by atoms with Crippen LogP contribution < -0.4 is 4.90 Å². The predicted octanol–water partition coefficient (Wildman–Crippen LogP) is 4.81. The molecule has 1 aromatic heterocycles. The number of benzene rings is 1. The van der Waals surface area contributed by atoms with Crippen molar-refractivity contribution < 1.29 is 23.5 Å². The molecule has 0 unspecified atom stereocenters. The number of anilines is 1. The van der Waals surface area contributed by atoms with E-state index < -0.39 is 17.7 Å². The fourth-order valence-corrected chi connectivity index (χ4v) is 3.75. The van der Waals surface area contributed by atoms with E-state index in [-0.39, 0.29) is 11.9 Å². The van der Waals surface area contributed by atoms with Gasteiger partial charge >= 0.3 is 12.1 Å². The summed E-state index contributed by atoms with van der Waals surface area (Å²) in [5.41, 5.74) is 1.08. The maximum Gasteiger partial charge on any atom is 0.416 e. The van der Waals surface area contributed by atoms with Crippen LogP contribution in [0.25, 0.3) is 6.08 Å². The summed E-state index contributed by atoms with van der Waals surface area (Å²) >= 11 is 0. The Morgan fingerprint density at radius 3 is 2.56 bits per heavy atom. The number of likely N-dealkylation sites (tertiary alicyclic amines) is 1. The van der Waals surface area contributed by atoms with Gasteiger partial charge in [0.1, 0.15) is 17.2 Å². The van der Waals surface area contributed by atoms with Crippen LogP contribution in [0.1, 0.15) is 45.2 Å². The lowest BCUT2D eigenvalue weighted by Gasteiger charge is -2.31. The number of rotatable bonds is 7. The highest BCUT2D eigenvalue weighted by atomic mass is 19.1. The Morgan fingerprint density at radius 2 is 1.94 bits per heavy atom. The monoisotopic (exact) mass is 469 g/mol. The lowest BCUT2D eigenvalue weighted by molar-refractivity contribution is -0.137. The van der Waals surface area contributed by atoms with Gasteiger partial charge in [-0.1, -0.05) is 12.1 Å². The van der Waals surface area contributed by atoms with E-state index in [1.165, 1.54) is 18.2 Å². The van der Waals surface area contributed by atoms with Gasteiger partial charge in [0.25, 0.3) is 0 Å². The Kier molecular flexibility index (Phi) is 8.39. The zero-order chi connectivity index (χ0) is 24.7. The third-order valence-corrected chi connectivity index (χ3v) is 5.24. The van der Waals surface area contributed by atoms with Crippen molar-refractivity contribution in [3.05, 3.63) is 65.6 Å². The van der Waals surface area contributed by atoms with E-state index in [0.717, 1.165) is 18.5 Å². The van der Waals surface area contributed by atoms with Gasteiger partial charge in [0, 0.05) is 31.9 Å². The molecule has 1 atom stereocenters. The van der Waals surface area contributed by atoms with Gasteiger partial charge in [0.2, 0.25) is 0 Å². The highest BCUT2D eigenvalue weighted by Crippen LogP contribution is 2.26. The number of halogens is 1. The van der Waals surface area contributed by atoms with Crippen LogP contribution >= 0.6 is 0 Å². The second-order valence-electron chi connectivity index (χ2n) is 9.19. The number of carbonyl (C=O) groups is 2. The molecule has 8 heteroatoms. The lowest BCUT2D eigenvalue weighted by Crippen LogP contribution is -2.45. The fraction of sp³-hybridized carbons (Fsp3) is 0.423. The SMILES string of the molecule is CCOC(=O)C=Cc1ccc(N(C(=O)OC(C)(C)C)[C@@H]2CCN(Cc3ccc(F)cc3)C2)nc1. The predicted molar refractivity (Wildman–Crippen MR) is 129 cm³/mol. The molecule has 0 aliphatic carbocycles. The van der Waals surface area contributed by atoms with E-state index in [2.05, 4.69) is 9.88 Å². The van der Waals surface area contributed by atoms with Gasteiger partial charge in [-0.3, -0.25) is 9.80 Å². The molecule has 0 N–H and O–H groups in total. The van der Waals surface area contributed by atoms with Crippen molar-refractivity contribution in [3.63, 3.8) is 0 Å². The number of pyridine rings is 1. The molecule has 1 saturated heterocycles. The van der Waals surface area contributed by atoms with Crippen LogP contribution in [0.2, 0.25) is 0 Å². The van der Waals surface area contributed by atoms with E-state index >= 15 is 0 Å². The molecule has 0 radical (unpaired) electrons. The quantitative estimate of drug-likeness (QED) is 0.428. The minimum absolute atomic E-state index is 0.122. The Bertz CT molecular complexity index is 1000. The number of nitrogens with zero attached hydrogens (tertiary/aromatic N) is 3. The molecule has 3 rings (SSSR count). The van der Waals surface area contributed by atoms with Crippen LogP contribution in [0, 0.1) is 5.82 Å². The molecular weight excluding hydrogens is 437 g/mol. The average molecular weight is 470 g/mol. The largest absolute Gasteiger partial charge is 0.463 e. The molecule has 2 heterocycles. The highest BCUT2D eigenvalue weighted by molar-refractivity contribution is 5.88. The van der Waals surface area contributed by atoms with Crippen molar-refractivity contribution in [1.82, 2.24) is 9.88 Å². The first-order chi connectivity index (χ1) is 16.1. The van der Waals surface area contributed by atoms with Crippen LogP contribution in [0.4, 0.5) is 15.0 Å². The average Bonchev–Trinajstić information content (AvgIpc) is 3.22. The molecular formula is C26H32FN3O4. The topological polar surface area (TPSA) is 72.0 Å². The summed E-state index contributed by atoms with van der Waals surface area (Å²) < 4.78 is 23.8. The summed E-state index contributed by atoms with van der Waals surface area (Å²) in [6, 6.07) is 9.88. The molecule has 1 aliphatic heterocycles. The third-order valence-electron chi connectivity index (χ3n) is 5.24. The normalized spacial score (nSPS) is 16.6. The number of amides is 1. The second-order valence-corrected chi connectivity index (χ2v) is 9.19. The van der Waals surface area contributed by atoms with Gasteiger partial charge in [-0.15, -0.1) is 0 Å². The van der Waals surface area contributed by atoms with Gasteiger partial charge in [0.15, 0.2) is 0 Å². The standard InChI is InChI=1S/C26H32FN3O4/c1-5-33-24(31)13-9-19-8-12-23(28-16-19)30(25(32)34-26(2,3)4)22-14-15-29(18-22)17-20-6-10-21(27)11-7-20/h6-13,16,22H,5,14-15,17-18H2,1-4H3/t22-/m1/s1. The number of carbonyl (C=O) groups excluding carboxylic acids is 2. The van der Waals surface area contributed by atoms with Gasteiger partial charge in [0.05, 0.1) is 12.6 Å². The Morgan fingerprint density at radius 1 is 1.21 bits per heavy atom. The summed E-state index contributed by atoms with van der Waals surface area (Å²) in [4.78, 5) is 33.0. The Balaban J connectivity index is 1.75. The van der Waals surface area contributed by atoms with Crippen molar-refractivity contribution in [1.29, 1.82) is 0 Å². The second kappa shape index (κ2) is 11.2. The lowest BCUT2D eigenvalue weighted by atomic mass is 10.2. The van der Waals surface area contributed by atoms with E-state index in [1.54, 1.807) is 48.4 Å². The van der Waals surface area contributed by atoms with Crippen molar-refractivity contribution in [2.75, 3.05) is 24.6 Å². The van der Waals surface area contributed by atoms with Crippen molar-refractivity contribution in [2.24, 2.45) is 0 Å². The van der Waals surface area contributed by atoms with Crippen LogP contribution in [-0.4, -0.2) is 53.3 Å². The smallest absolute Gasteiger partial charge is 0.416 e. The maximum atomic E-state index is 13.2. The van der Waals surface area contributed by atoms with Gasteiger partial charge in [-0.05, 0) is 75.6 Å². The van der Waals surface area contributed by atoms with Gasteiger partial charge in [-0.25, -0.2) is 19.0 Å². The number of hydrogen-bond acceptors (Lipinski definition) is 6. The van der Waals surface area contributed by atoms with Crippen LogP contribution in [0.3, 0.4) is 0 Å². The minimum atomic E-state index is -0.649. The van der Waals surface area contributed by atoms with Gasteiger partial charge < -0.3 is 9.47 Å². The fourth-order valence-electron chi connectivity index (χ4n) is 3.75. The van der Waals surface area contributed by atoms with Crippen LogP contribution in [-0.2, 0) is 20.8 Å². The number of aromatic nitrogens is 1. The Labute approximate surface area is 200 Å². The first-order valence-electron chi connectivity index (χ1n) is 11.4. The van der Waals surface area contributed by atoms with Gasteiger partial charge in [-0.2, -0.15) is 0 Å². The van der Waals surface area contributed by atoms with Crippen LogP contribution in [0.15, 0.2) is 48.7 Å². The molecule has 0 saturated carbocycles. The molecule has 7 nitrogen and oxygen atoms in total. The molecule has 0 bridgehead atoms. The number of esters is 1. The van der Waals surface area contributed by atoms with E-state index in [1.807, 2.05) is 20.8 Å². The minimum Gasteiger partial charge on any atom is -0.463 e. The summed E-state index contributed by atoms with van der Waals surface area (Å²) in [6.45, 7) is 9.65. The third kappa shape index (κ3) is 7.38. The molecule has 34 heavy (non-hydrogen) atoms. The van der Waals surface area contributed by atoms with E-state index in [0.29, 0.717) is 31.1 Å². The first-order valence-corrected chi connectivity index (χ1v) is 11.4. The molecule has 1 aromatic carbocycles. The molecule has 0 spiro atoms. The summed E-state index contributed by atoms with van der Waals surface area (Å²) in [5, 5.41) is 0. The van der Waals surface area contributed by atoms with E-state index in [9.17, 15) is 14.0 Å². The van der Waals surface area contributed by atoms with Crippen molar-refractivity contribution in [2.45, 2.75) is 52.3 Å². The van der Waals surface area contributed by atoms with Crippen molar-refractivity contribution in [3.8, 4) is 0 Å². The first kappa shape index (κ1) is 25.4. The summed E-state index contributed by atoms with van der Waals surface area (Å²) in [6.07, 6.45) is 4.87. The number of hydrogen-bond donors (Lipinski definition) is 0. The van der Waals surface area contributed by atoms with Crippen LogP contribution in [0.5, 0.6) is 0 Å². The van der Waals surface area contributed by atoms with E-state index in [4.69, 9.17) is 9.47 Å². The van der Waals surface area contributed by atoms with Crippen molar-refractivity contribution >= 4 is 24.0 Å². The molecule has 182 valence electrons. The molecule has 2 aromatic rings. The zero-order valence-electron chi connectivity index (χ0n) is 20.2. The molecule has 1 fully saturated rings. The summed E-state index contributed by atoms with van der Waals surface area (Å²) in [5.74, 6) is -0.198. The zero-order valence-corrected chi connectivity index (χ0v) is 20.2. The number of ether oxygens (including phenoxy) is 2. The Hall–Kier alpha value is -3.26. The highest BCUT2D eigenvalue weighted by Gasteiger charge is 2.35.